The van der Waals surface area contributed by atoms with Crippen LogP contribution >= 0.6 is 11.6 Å². The van der Waals surface area contributed by atoms with Crippen molar-refractivity contribution in [2.24, 2.45) is 4.99 Å². The number of ether oxygens (including phenoxy) is 1. The first-order valence-electron chi connectivity index (χ1n) is 10.6. The minimum absolute atomic E-state index is 0.131. The van der Waals surface area contributed by atoms with Crippen LogP contribution in [-0.4, -0.2) is 51.7 Å². The summed E-state index contributed by atoms with van der Waals surface area (Å²) in [5.74, 6) is 1.45. The largest absolute Gasteiger partial charge is 0.382 e. The minimum Gasteiger partial charge on any atom is -0.382 e. The van der Waals surface area contributed by atoms with E-state index < -0.39 is 0 Å². The Balaban J connectivity index is 1.28. The van der Waals surface area contributed by atoms with Gasteiger partial charge in [-0.2, -0.15) is 10.1 Å². The molecule has 0 saturated carbocycles. The maximum absolute atomic E-state index is 6.13. The van der Waals surface area contributed by atoms with Crippen molar-refractivity contribution in [2.45, 2.75) is 12.5 Å². The fourth-order valence-corrected chi connectivity index (χ4v) is 4.55. The summed E-state index contributed by atoms with van der Waals surface area (Å²) < 4.78 is 6.07. The summed E-state index contributed by atoms with van der Waals surface area (Å²) in [5, 5.41) is 8.56. The highest BCUT2D eigenvalue weighted by Crippen LogP contribution is 2.32. The Morgan fingerprint density at radius 3 is 2.91 bits per heavy atom. The van der Waals surface area contributed by atoms with Gasteiger partial charge < -0.3 is 21.1 Å². The van der Waals surface area contributed by atoms with Crippen LogP contribution in [0.25, 0.3) is 22.2 Å². The summed E-state index contributed by atoms with van der Waals surface area (Å²) >= 11 is 6.13. The molecule has 2 aromatic heterocycles. The Morgan fingerprint density at radius 1 is 1.09 bits per heavy atom. The normalized spacial score (nSPS) is 17.9. The number of anilines is 3. The lowest BCUT2D eigenvalue weighted by Gasteiger charge is -2.34. The second-order valence-corrected chi connectivity index (χ2v) is 8.63. The molecule has 166 valence electrons. The zero-order valence-corrected chi connectivity index (χ0v) is 18.4. The molecule has 0 bridgehead atoms. The van der Waals surface area contributed by atoms with Crippen LogP contribution < -0.4 is 16.4 Å². The summed E-state index contributed by atoms with van der Waals surface area (Å²) in [6, 6.07) is 13.6. The van der Waals surface area contributed by atoms with Crippen molar-refractivity contribution >= 4 is 51.5 Å². The number of H-pyrrole nitrogens is 1. The van der Waals surface area contributed by atoms with Crippen molar-refractivity contribution in [1.82, 2.24) is 20.2 Å². The Bertz CT molecular complexity index is 1420. The van der Waals surface area contributed by atoms with E-state index in [1.165, 1.54) is 5.56 Å². The molecular weight excluding hydrogens is 440 g/mol. The number of aromatic nitrogens is 4. The van der Waals surface area contributed by atoms with Gasteiger partial charge in [0.25, 0.3) is 0 Å². The van der Waals surface area contributed by atoms with Gasteiger partial charge in [0, 0.05) is 35.0 Å². The summed E-state index contributed by atoms with van der Waals surface area (Å²) in [4.78, 5) is 15.9. The molecule has 2 aliphatic heterocycles. The van der Waals surface area contributed by atoms with Gasteiger partial charge in [-0.25, -0.2) is 4.98 Å². The van der Waals surface area contributed by atoms with Crippen molar-refractivity contribution < 1.29 is 4.74 Å². The standard InChI is InChI=1S/C23H21ClN8O/c24-14-3-1-12-8-19(27-16(12)9-14)20-11-32(5-6-33-20)21-10-17(28-23(26)29-21)13-2-4-15-18(7-13)30-31-22(15)25/h1-4,7,9-10,20H,5-6,8,11H2,(H3,25,30,31)(H2,26,28,29). The third kappa shape index (κ3) is 3.65. The van der Waals surface area contributed by atoms with Gasteiger partial charge in [0.2, 0.25) is 5.95 Å². The third-order valence-electron chi connectivity index (χ3n) is 6.06. The highest BCUT2D eigenvalue weighted by molar-refractivity contribution is 6.31. The smallest absolute Gasteiger partial charge is 0.222 e. The molecule has 1 unspecified atom stereocenters. The van der Waals surface area contributed by atoms with E-state index in [0.717, 1.165) is 45.8 Å². The molecule has 0 aliphatic carbocycles. The fourth-order valence-electron chi connectivity index (χ4n) is 4.39. The molecule has 9 nitrogen and oxygen atoms in total. The molecule has 2 aromatic carbocycles. The number of nitrogen functional groups attached to an aromatic ring is 2. The zero-order valence-electron chi connectivity index (χ0n) is 17.6. The molecular formula is C23H21ClN8O. The monoisotopic (exact) mass is 460 g/mol. The molecule has 6 rings (SSSR count). The molecule has 1 atom stereocenters. The predicted octanol–water partition coefficient (Wildman–Crippen LogP) is 3.37. The van der Waals surface area contributed by atoms with E-state index in [0.29, 0.717) is 30.5 Å². The van der Waals surface area contributed by atoms with Gasteiger partial charge in [0.05, 0.1) is 35.8 Å². The molecule has 5 N–H and O–H groups in total. The predicted molar refractivity (Wildman–Crippen MR) is 130 cm³/mol. The van der Waals surface area contributed by atoms with E-state index >= 15 is 0 Å². The van der Waals surface area contributed by atoms with Gasteiger partial charge in [-0.05, 0) is 29.8 Å². The number of benzene rings is 2. The first kappa shape index (κ1) is 20.0. The van der Waals surface area contributed by atoms with Crippen LogP contribution in [0.2, 0.25) is 5.02 Å². The quantitative estimate of drug-likeness (QED) is 0.427. The van der Waals surface area contributed by atoms with Crippen LogP contribution in [0.5, 0.6) is 0 Å². The lowest BCUT2D eigenvalue weighted by molar-refractivity contribution is 0.0829. The van der Waals surface area contributed by atoms with Gasteiger partial charge in [-0.15, -0.1) is 0 Å². The zero-order chi connectivity index (χ0) is 22.5. The first-order chi connectivity index (χ1) is 16.0. The van der Waals surface area contributed by atoms with Crippen molar-refractivity contribution in [3.63, 3.8) is 0 Å². The van der Waals surface area contributed by atoms with Crippen LogP contribution in [-0.2, 0) is 11.2 Å². The number of halogens is 1. The van der Waals surface area contributed by atoms with Crippen molar-refractivity contribution in [2.75, 3.05) is 36.1 Å². The van der Waals surface area contributed by atoms with Crippen LogP contribution in [0.3, 0.4) is 0 Å². The molecule has 0 amide bonds. The van der Waals surface area contributed by atoms with Crippen molar-refractivity contribution in [1.29, 1.82) is 0 Å². The average molecular weight is 461 g/mol. The number of rotatable bonds is 3. The van der Waals surface area contributed by atoms with Gasteiger partial charge in [-0.1, -0.05) is 23.7 Å². The highest BCUT2D eigenvalue weighted by atomic mass is 35.5. The van der Waals surface area contributed by atoms with E-state index in [9.17, 15) is 0 Å². The van der Waals surface area contributed by atoms with E-state index in [2.05, 4.69) is 25.1 Å². The number of aliphatic imine (C=N–C) groups is 1. The topological polar surface area (TPSA) is 131 Å². The molecule has 0 radical (unpaired) electrons. The number of nitrogens with one attached hydrogen (secondary N) is 1. The van der Waals surface area contributed by atoms with Crippen LogP contribution in [0, 0.1) is 0 Å². The lowest BCUT2D eigenvalue weighted by atomic mass is 10.1. The average Bonchev–Trinajstić information content (AvgIpc) is 3.41. The van der Waals surface area contributed by atoms with Crippen molar-refractivity contribution in [3.8, 4) is 11.3 Å². The molecule has 2 aliphatic rings. The number of hydrogen-bond acceptors (Lipinski definition) is 8. The maximum atomic E-state index is 6.13. The molecule has 4 heterocycles. The SMILES string of the molecule is Nc1nc(-c2ccc3c(N)n[nH]c3c2)cc(N2CCOC(C3=Nc4cc(Cl)ccc4C3)C2)n1. The minimum atomic E-state index is -0.131. The molecule has 10 heteroatoms. The summed E-state index contributed by atoms with van der Waals surface area (Å²) in [7, 11) is 0. The number of hydrogen-bond donors (Lipinski definition) is 3. The van der Waals surface area contributed by atoms with Crippen LogP contribution in [0.4, 0.5) is 23.3 Å². The number of morpholine rings is 1. The second kappa shape index (κ2) is 7.72. The molecule has 1 fully saturated rings. The van der Waals surface area contributed by atoms with E-state index in [1.807, 2.05) is 42.5 Å². The Hall–Kier alpha value is -3.69. The Kier molecular flexibility index (Phi) is 4.67. The second-order valence-electron chi connectivity index (χ2n) is 8.20. The van der Waals surface area contributed by atoms with Crippen LogP contribution in [0.1, 0.15) is 5.56 Å². The van der Waals surface area contributed by atoms with Gasteiger partial charge in [-0.3, -0.25) is 10.1 Å². The number of nitrogens with zero attached hydrogens (tertiary/aromatic N) is 5. The Morgan fingerprint density at radius 2 is 2.00 bits per heavy atom. The highest BCUT2D eigenvalue weighted by Gasteiger charge is 2.29. The lowest BCUT2D eigenvalue weighted by Crippen LogP contribution is -2.46. The Labute approximate surface area is 194 Å². The number of nitrogens with two attached hydrogens (primary N) is 2. The maximum Gasteiger partial charge on any atom is 0.222 e. The summed E-state index contributed by atoms with van der Waals surface area (Å²) in [6.07, 6.45) is 0.629. The molecule has 1 saturated heterocycles. The van der Waals surface area contributed by atoms with Gasteiger partial charge in [0.1, 0.15) is 11.9 Å². The molecule has 0 spiro atoms. The third-order valence-corrected chi connectivity index (χ3v) is 6.30. The summed E-state index contributed by atoms with van der Waals surface area (Å²) in [6.45, 7) is 1.90. The fraction of sp³-hybridized carbons (Fsp3) is 0.217. The number of aromatic amines is 1. The van der Waals surface area contributed by atoms with Gasteiger partial charge in [0.15, 0.2) is 5.82 Å². The van der Waals surface area contributed by atoms with E-state index in [-0.39, 0.29) is 12.1 Å². The van der Waals surface area contributed by atoms with Gasteiger partial charge >= 0.3 is 0 Å². The van der Waals surface area contributed by atoms with E-state index in [1.54, 1.807) is 0 Å². The molecule has 33 heavy (non-hydrogen) atoms. The van der Waals surface area contributed by atoms with Crippen molar-refractivity contribution in [3.05, 3.63) is 53.1 Å². The molecule has 4 aromatic rings. The summed E-state index contributed by atoms with van der Waals surface area (Å²) in [5.41, 5.74) is 17.5. The van der Waals surface area contributed by atoms with Crippen LogP contribution in [0.15, 0.2) is 47.5 Å². The number of fused-ring (bicyclic) bond motifs is 2. The first-order valence-corrected chi connectivity index (χ1v) is 11.0. The van der Waals surface area contributed by atoms with E-state index in [4.69, 9.17) is 32.8 Å².